The van der Waals surface area contributed by atoms with Gasteiger partial charge in [-0.15, -0.1) is 0 Å². The van der Waals surface area contributed by atoms with E-state index in [0.29, 0.717) is 16.9 Å². The van der Waals surface area contributed by atoms with Crippen molar-refractivity contribution < 1.29 is 18.4 Å². The maximum Gasteiger partial charge on any atom is 0.499 e. The molecule has 0 aliphatic carbocycles. The minimum atomic E-state index is -3.11. The number of anilines is 1. The highest BCUT2D eigenvalue weighted by molar-refractivity contribution is 6.83. The van der Waals surface area contributed by atoms with Crippen molar-refractivity contribution >= 4 is 31.4 Å². The second-order valence-corrected chi connectivity index (χ2v) is 7.31. The third kappa shape index (κ3) is 4.10. The van der Waals surface area contributed by atoms with Crippen molar-refractivity contribution in [3.63, 3.8) is 0 Å². The van der Waals surface area contributed by atoms with Crippen LogP contribution >= 0.6 is 0 Å². The van der Waals surface area contributed by atoms with Crippen molar-refractivity contribution in [3.8, 4) is 0 Å². The Morgan fingerprint density at radius 1 is 1.21 bits per heavy atom. The maximum atomic E-state index is 11.4. The van der Waals surface area contributed by atoms with Gasteiger partial charge < -0.3 is 14.6 Å². The van der Waals surface area contributed by atoms with Crippen LogP contribution in [0.3, 0.4) is 0 Å². The zero-order valence-electron chi connectivity index (χ0n) is 11.4. The Hall–Kier alpha value is -1.82. The van der Waals surface area contributed by atoms with Crippen molar-refractivity contribution in [1.82, 2.24) is 0 Å². The highest BCUT2D eigenvalue weighted by atomic mass is 28.4. The Morgan fingerprint density at radius 2 is 1.79 bits per heavy atom. The van der Waals surface area contributed by atoms with E-state index in [2.05, 4.69) is 0 Å². The molecule has 0 aliphatic rings. The van der Waals surface area contributed by atoms with Crippen molar-refractivity contribution in [1.29, 1.82) is 0 Å². The number of benzene rings is 1. The van der Waals surface area contributed by atoms with E-state index in [1.165, 1.54) is 13.8 Å². The Labute approximate surface area is 114 Å². The van der Waals surface area contributed by atoms with E-state index in [0.717, 1.165) is 6.42 Å². The summed E-state index contributed by atoms with van der Waals surface area (Å²) >= 11 is 0. The lowest BCUT2D eigenvalue weighted by molar-refractivity contribution is -0.138. The fourth-order valence-corrected chi connectivity index (χ4v) is 5.05. The molecule has 0 unspecified atom stereocenters. The molecule has 0 bridgehead atoms. The standard InChI is InChI=1S/C13H19NO4Si/c1-4-8-19(17-10(2)15,18-11(3)16)13-7-5-6-12(14)9-13/h5-7,9H,4,8,14H2,1-3H3. The molecular formula is C13H19NO4Si. The van der Waals surface area contributed by atoms with Crippen LogP contribution in [0.25, 0.3) is 0 Å². The van der Waals surface area contributed by atoms with E-state index in [9.17, 15) is 9.59 Å². The smallest absolute Gasteiger partial charge is 0.482 e. The van der Waals surface area contributed by atoms with E-state index in [1.54, 1.807) is 24.3 Å². The number of nitrogens with two attached hydrogens (primary N) is 1. The number of carbonyl (C=O) groups excluding carboxylic acids is 2. The summed E-state index contributed by atoms with van der Waals surface area (Å²) in [5, 5.41) is 0.694. The highest BCUT2D eigenvalue weighted by Gasteiger charge is 2.45. The molecule has 0 radical (unpaired) electrons. The average Bonchev–Trinajstić information content (AvgIpc) is 2.27. The first-order valence-electron chi connectivity index (χ1n) is 6.15. The normalized spacial score (nSPS) is 10.9. The first-order valence-corrected chi connectivity index (χ1v) is 8.17. The van der Waals surface area contributed by atoms with Gasteiger partial charge in [-0.3, -0.25) is 9.59 Å². The molecule has 1 rings (SSSR count). The van der Waals surface area contributed by atoms with Crippen molar-refractivity contribution in [2.75, 3.05) is 5.73 Å². The lowest BCUT2D eigenvalue weighted by atomic mass is 10.3. The van der Waals surface area contributed by atoms with Gasteiger partial charge in [0.1, 0.15) is 0 Å². The zero-order valence-corrected chi connectivity index (χ0v) is 12.4. The third-order valence-corrected chi connectivity index (χ3v) is 6.11. The SMILES string of the molecule is CCC[Si](OC(C)=O)(OC(C)=O)c1cccc(N)c1. The van der Waals surface area contributed by atoms with E-state index in [4.69, 9.17) is 14.6 Å². The molecule has 1 aromatic carbocycles. The molecule has 0 spiro atoms. The minimum absolute atomic E-state index is 0.455. The molecule has 0 aromatic heterocycles. The molecule has 0 atom stereocenters. The first-order chi connectivity index (χ1) is 8.89. The fourth-order valence-electron chi connectivity index (χ4n) is 1.95. The zero-order chi connectivity index (χ0) is 14.5. The van der Waals surface area contributed by atoms with Crippen LogP contribution in [0, 0.1) is 0 Å². The minimum Gasteiger partial charge on any atom is -0.482 e. The maximum absolute atomic E-state index is 11.4. The fraction of sp³-hybridized carbons (Fsp3) is 0.385. The average molecular weight is 281 g/mol. The van der Waals surface area contributed by atoms with Gasteiger partial charge in [0.25, 0.3) is 11.9 Å². The Bertz CT molecular complexity index is 459. The Balaban J connectivity index is 3.27. The molecule has 0 amide bonds. The second kappa shape index (κ2) is 6.37. The number of carbonyl (C=O) groups is 2. The number of hydrogen-bond donors (Lipinski definition) is 1. The van der Waals surface area contributed by atoms with Crippen LogP contribution in [-0.4, -0.2) is 20.5 Å². The summed E-state index contributed by atoms with van der Waals surface area (Å²) in [6, 6.07) is 7.48. The molecule has 0 saturated carbocycles. The van der Waals surface area contributed by atoms with E-state index in [1.807, 2.05) is 6.92 Å². The van der Waals surface area contributed by atoms with Crippen LogP contribution in [0.2, 0.25) is 6.04 Å². The highest BCUT2D eigenvalue weighted by Crippen LogP contribution is 2.18. The van der Waals surface area contributed by atoms with E-state index in [-0.39, 0.29) is 0 Å². The number of nitrogen functional groups attached to an aromatic ring is 1. The molecule has 19 heavy (non-hydrogen) atoms. The van der Waals surface area contributed by atoms with Gasteiger partial charge in [0.2, 0.25) is 0 Å². The van der Waals surface area contributed by atoms with Crippen molar-refractivity contribution in [2.45, 2.75) is 33.2 Å². The van der Waals surface area contributed by atoms with Crippen LogP contribution in [0.15, 0.2) is 24.3 Å². The van der Waals surface area contributed by atoms with Gasteiger partial charge >= 0.3 is 8.56 Å². The summed E-state index contributed by atoms with van der Waals surface area (Å²) in [7, 11) is -3.11. The molecule has 1 aromatic rings. The third-order valence-electron chi connectivity index (χ3n) is 2.52. The summed E-state index contributed by atoms with van der Waals surface area (Å²) < 4.78 is 10.9. The van der Waals surface area contributed by atoms with Gasteiger partial charge in [0.05, 0.1) is 0 Å². The summed E-state index contributed by atoms with van der Waals surface area (Å²) in [4.78, 5) is 22.7. The molecule has 5 nitrogen and oxygen atoms in total. The lowest BCUT2D eigenvalue weighted by Crippen LogP contribution is -2.55. The molecule has 104 valence electrons. The first kappa shape index (κ1) is 15.2. The van der Waals surface area contributed by atoms with E-state index < -0.39 is 20.5 Å². The van der Waals surface area contributed by atoms with Crippen molar-refractivity contribution in [2.24, 2.45) is 0 Å². The Kier molecular flexibility index (Phi) is 5.11. The number of rotatable bonds is 5. The molecule has 0 saturated heterocycles. The summed E-state index contributed by atoms with van der Waals surface area (Å²) in [5.74, 6) is -0.910. The monoisotopic (exact) mass is 281 g/mol. The lowest BCUT2D eigenvalue weighted by Gasteiger charge is -2.28. The van der Waals surface area contributed by atoms with Gasteiger partial charge in [-0.2, -0.15) is 0 Å². The summed E-state index contributed by atoms with van der Waals surface area (Å²) in [6.45, 7) is 4.57. The molecule has 0 aliphatic heterocycles. The topological polar surface area (TPSA) is 78.6 Å². The van der Waals surface area contributed by atoms with Gasteiger partial charge in [0, 0.05) is 30.8 Å². The molecular weight excluding hydrogens is 262 g/mol. The van der Waals surface area contributed by atoms with Crippen molar-refractivity contribution in [3.05, 3.63) is 24.3 Å². The Morgan fingerprint density at radius 3 is 2.21 bits per heavy atom. The van der Waals surface area contributed by atoms with Gasteiger partial charge in [-0.05, 0) is 12.1 Å². The summed E-state index contributed by atoms with van der Waals surface area (Å²) in [6.07, 6.45) is 0.738. The van der Waals surface area contributed by atoms with Crippen LogP contribution < -0.4 is 10.9 Å². The number of hydrogen-bond acceptors (Lipinski definition) is 5. The second-order valence-electron chi connectivity index (χ2n) is 4.32. The predicted molar refractivity (Wildman–Crippen MR) is 74.9 cm³/mol. The predicted octanol–water partition coefficient (Wildman–Crippen LogP) is 1.45. The van der Waals surface area contributed by atoms with Crippen LogP contribution in [-0.2, 0) is 18.4 Å². The molecule has 0 fully saturated rings. The van der Waals surface area contributed by atoms with Crippen LogP contribution in [0.1, 0.15) is 27.2 Å². The molecule has 2 N–H and O–H groups in total. The largest absolute Gasteiger partial charge is 0.499 e. The van der Waals surface area contributed by atoms with Crippen LogP contribution in [0.5, 0.6) is 0 Å². The molecule has 0 heterocycles. The molecule has 6 heteroatoms. The van der Waals surface area contributed by atoms with Gasteiger partial charge in [-0.25, -0.2) is 0 Å². The van der Waals surface area contributed by atoms with Crippen LogP contribution in [0.4, 0.5) is 5.69 Å². The van der Waals surface area contributed by atoms with Gasteiger partial charge in [-0.1, -0.05) is 25.5 Å². The summed E-state index contributed by atoms with van der Waals surface area (Å²) in [5.41, 5.74) is 6.30. The van der Waals surface area contributed by atoms with Gasteiger partial charge in [0.15, 0.2) is 0 Å². The van der Waals surface area contributed by atoms with E-state index >= 15 is 0 Å². The quantitative estimate of drug-likeness (QED) is 0.653.